The van der Waals surface area contributed by atoms with Crippen molar-refractivity contribution in [3.63, 3.8) is 0 Å². The van der Waals surface area contributed by atoms with Gasteiger partial charge in [0.25, 0.3) is 5.56 Å². The lowest BCUT2D eigenvalue weighted by molar-refractivity contribution is 0.479. The molecule has 0 aliphatic heterocycles. The van der Waals surface area contributed by atoms with Gasteiger partial charge in [0.05, 0.1) is 0 Å². The summed E-state index contributed by atoms with van der Waals surface area (Å²) < 4.78 is 38.2. The first kappa shape index (κ1) is 12.3. The summed E-state index contributed by atoms with van der Waals surface area (Å²) in [6.45, 7) is -3.24. The van der Waals surface area contributed by atoms with Crippen LogP contribution in [-0.2, 0) is 13.6 Å². The maximum atomic E-state index is 12.2. The lowest BCUT2D eigenvalue weighted by atomic mass is 9.80. The fourth-order valence-corrected chi connectivity index (χ4v) is 1.07. The molecule has 1 heterocycles. The van der Waals surface area contributed by atoms with Gasteiger partial charge in [-0.05, 0) is 0 Å². The molecule has 0 fully saturated rings. The summed E-state index contributed by atoms with van der Waals surface area (Å²) in [6, 6.07) is 1.03. The Morgan fingerprint density at radius 2 is 2.00 bits per heavy atom. The number of nitrogens with zero attached hydrogens (tertiary/aromatic N) is 2. The molecule has 1 aromatic rings. The van der Waals surface area contributed by atoms with E-state index in [9.17, 15) is 22.5 Å². The van der Waals surface area contributed by atoms with Crippen LogP contribution in [0.5, 0.6) is 0 Å². The molecule has 1 aromatic heterocycles. The average Bonchev–Trinajstić information content (AvgIpc) is 2.17. The minimum Gasteiger partial charge on any atom is -0.445 e. The summed E-state index contributed by atoms with van der Waals surface area (Å²) in [4.78, 5) is 22.6. The van der Waals surface area contributed by atoms with Gasteiger partial charge in [-0.3, -0.25) is 9.36 Å². The van der Waals surface area contributed by atoms with E-state index in [1.807, 2.05) is 0 Å². The summed E-state index contributed by atoms with van der Waals surface area (Å²) in [5.41, 5.74) is -2.65. The molecule has 0 atom stereocenters. The highest BCUT2D eigenvalue weighted by atomic mass is 19.4. The van der Waals surface area contributed by atoms with Crippen molar-refractivity contribution < 1.29 is 12.9 Å². The maximum Gasteiger partial charge on any atom is 0.506 e. The van der Waals surface area contributed by atoms with E-state index in [1.165, 1.54) is 13.2 Å². The Morgan fingerprint density at radius 3 is 2.50 bits per heavy atom. The van der Waals surface area contributed by atoms with Crippen LogP contribution >= 0.6 is 0 Å². The second kappa shape index (κ2) is 4.03. The third-order valence-electron chi connectivity index (χ3n) is 2.06. The third kappa shape index (κ3) is 2.44. The second-order valence-electron chi connectivity index (χ2n) is 3.37. The fourth-order valence-electron chi connectivity index (χ4n) is 1.07. The van der Waals surface area contributed by atoms with Crippen LogP contribution in [0.15, 0.2) is 33.9 Å². The van der Waals surface area contributed by atoms with E-state index in [4.69, 9.17) is 0 Å². The van der Waals surface area contributed by atoms with Crippen LogP contribution < -0.4 is 11.2 Å². The third-order valence-corrected chi connectivity index (χ3v) is 2.06. The van der Waals surface area contributed by atoms with Crippen molar-refractivity contribution in [2.24, 2.45) is 7.05 Å². The zero-order valence-corrected chi connectivity index (χ0v) is 8.49. The predicted molar refractivity (Wildman–Crippen MR) is 54.2 cm³/mol. The molecule has 0 N–H and O–H groups in total. The molecular weight excluding hydrogens is 224 g/mol. The van der Waals surface area contributed by atoms with Crippen molar-refractivity contribution in [1.29, 1.82) is 0 Å². The van der Waals surface area contributed by atoms with Crippen LogP contribution in [0.1, 0.15) is 0 Å². The number of halogens is 3. The van der Waals surface area contributed by atoms with Crippen molar-refractivity contribution in [3.05, 3.63) is 45.2 Å². The Kier molecular flexibility index (Phi) is 3.11. The first-order valence-corrected chi connectivity index (χ1v) is 4.37. The Balaban J connectivity index is 3.18. The van der Waals surface area contributed by atoms with Gasteiger partial charge in [0.15, 0.2) is 0 Å². The summed E-state index contributed by atoms with van der Waals surface area (Å²) in [5, 5.41) is 0. The smallest absolute Gasteiger partial charge is 0.445 e. The van der Waals surface area contributed by atoms with Crippen molar-refractivity contribution in [2.75, 3.05) is 0 Å². The molecule has 1 rings (SSSR count). The van der Waals surface area contributed by atoms with E-state index < -0.39 is 30.2 Å². The minimum atomic E-state index is -5.24. The largest absolute Gasteiger partial charge is 0.506 e. The van der Waals surface area contributed by atoms with Gasteiger partial charge in [-0.15, -0.1) is 12.1 Å². The Labute approximate surface area is 88.7 Å². The maximum absolute atomic E-state index is 12.2. The van der Waals surface area contributed by atoms with Crippen molar-refractivity contribution in [3.8, 4) is 0 Å². The van der Waals surface area contributed by atoms with Gasteiger partial charge in [0, 0.05) is 25.9 Å². The first-order chi connectivity index (χ1) is 7.23. The molecule has 0 bridgehead atoms. The molecule has 88 valence electrons. The number of hydrogen-bond donors (Lipinski definition) is 0. The van der Waals surface area contributed by atoms with Crippen molar-refractivity contribution >= 4 is 6.98 Å². The molecule has 0 aliphatic rings. The number of allylic oxidation sites excluding steroid dienone is 1. The van der Waals surface area contributed by atoms with Crippen LogP contribution in [0.4, 0.5) is 12.9 Å². The highest BCUT2D eigenvalue weighted by Gasteiger charge is 2.27. The molecule has 4 nitrogen and oxygen atoms in total. The fraction of sp³-hybridized carbons (Fsp3) is 0.250. The van der Waals surface area contributed by atoms with Crippen LogP contribution in [0.2, 0.25) is 0 Å². The van der Waals surface area contributed by atoms with Gasteiger partial charge in [0.1, 0.15) is 0 Å². The molecule has 0 saturated heterocycles. The molecule has 0 saturated carbocycles. The molecular formula is C8H9BF3N2O2-. The van der Waals surface area contributed by atoms with Gasteiger partial charge in [-0.25, -0.2) is 4.79 Å². The summed E-state index contributed by atoms with van der Waals surface area (Å²) in [6.07, 6.45) is 1.20. The van der Waals surface area contributed by atoms with Crippen LogP contribution in [0, 0.1) is 0 Å². The van der Waals surface area contributed by atoms with E-state index in [0.717, 1.165) is 10.6 Å². The Bertz CT molecular complexity index is 529. The van der Waals surface area contributed by atoms with Gasteiger partial charge < -0.3 is 17.5 Å². The Hall–Kier alpha value is -1.73. The zero-order chi connectivity index (χ0) is 12.5. The molecule has 8 heteroatoms. The van der Waals surface area contributed by atoms with E-state index in [2.05, 4.69) is 6.58 Å². The highest BCUT2D eigenvalue weighted by molar-refractivity contribution is 6.66. The zero-order valence-electron chi connectivity index (χ0n) is 8.49. The number of hydrogen-bond acceptors (Lipinski definition) is 2. The lowest BCUT2D eigenvalue weighted by Gasteiger charge is -2.18. The topological polar surface area (TPSA) is 44.0 Å². The molecule has 0 amide bonds. The lowest BCUT2D eigenvalue weighted by Crippen LogP contribution is -2.40. The van der Waals surface area contributed by atoms with E-state index in [1.54, 1.807) is 0 Å². The minimum absolute atomic E-state index is 0.498. The van der Waals surface area contributed by atoms with Crippen LogP contribution in [-0.4, -0.2) is 16.1 Å². The standard InChI is InChI=1S/C8H9BF3N2O2/c1-6(9(10,11)12)5-14-7(15)3-4-13(2)8(14)16/h3-4H,1,5H2,2H3/q-1. The van der Waals surface area contributed by atoms with Crippen molar-refractivity contribution in [1.82, 2.24) is 9.13 Å². The predicted octanol–water partition coefficient (Wildman–Crippen LogP) is 0.490. The molecule has 0 aliphatic carbocycles. The van der Waals surface area contributed by atoms with Crippen LogP contribution in [0.25, 0.3) is 0 Å². The summed E-state index contributed by atoms with van der Waals surface area (Å²) >= 11 is 0. The average molecular weight is 233 g/mol. The highest BCUT2D eigenvalue weighted by Crippen LogP contribution is 2.18. The summed E-state index contributed by atoms with van der Waals surface area (Å²) in [7, 11) is 1.35. The molecule has 0 radical (unpaired) electrons. The molecule has 16 heavy (non-hydrogen) atoms. The van der Waals surface area contributed by atoms with E-state index in [-0.39, 0.29) is 0 Å². The van der Waals surface area contributed by atoms with Gasteiger partial charge in [-0.2, -0.15) is 0 Å². The van der Waals surface area contributed by atoms with Gasteiger partial charge in [-0.1, -0.05) is 0 Å². The number of aromatic nitrogens is 2. The van der Waals surface area contributed by atoms with Gasteiger partial charge >= 0.3 is 12.7 Å². The van der Waals surface area contributed by atoms with Gasteiger partial charge in [0.2, 0.25) is 0 Å². The Morgan fingerprint density at radius 1 is 1.44 bits per heavy atom. The molecule has 0 aromatic carbocycles. The monoisotopic (exact) mass is 233 g/mol. The normalized spacial score (nSPS) is 11.5. The number of rotatable bonds is 3. The second-order valence-corrected chi connectivity index (χ2v) is 3.37. The molecule has 0 spiro atoms. The number of aryl methyl sites for hydroxylation is 1. The molecule has 0 unspecified atom stereocenters. The van der Waals surface area contributed by atoms with E-state index in [0.29, 0.717) is 4.57 Å². The van der Waals surface area contributed by atoms with Crippen molar-refractivity contribution in [2.45, 2.75) is 6.54 Å². The van der Waals surface area contributed by atoms with Crippen LogP contribution in [0.3, 0.4) is 0 Å². The summed E-state index contributed by atoms with van der Waals surface area (Å²) in [5.74, 6) is 0. The SMILES string of the molecule is C=C(Cn1c(=O)ccn(C)c1=O)[B-](F)(F)F. The quantitative estimate of drug-likeness (QED) is 0.713. The first-order valence-electron chi connectivity index (χ1n) is 4.37. The van der Waals surface area contributed by atoms with E-state index >= 15 is 0 Å².